The summed E-state index contributed by atoms with van der Waals surface area (Å²) in [5.74, 6) is -0.650. The Morgan fingerprint density at radius 1 is 1.32 bits per heavy atom. The lowest BCUT2D eigenvalue weighted by Gasteiger charge is -2.38. The third-order valence-corrected chi connectivity index (χ3v) is 3.66. The summed E-state index contributed by atoms with van der Waals surface area (Å²) in [6.07, 6.45) is 0.878. The van der Waals surface area contributed by atoms with Crippen LogP contribution in [0.1, 0.15) is 26.3 Å². The molecular formula is C16H21N3O3. The van der Waals surface area contributed by atoms with Crippen LogP contribution in [0.5, 0.6) is 0 Å². The number of nitrogens with two attached hydrogens (primary N) is 1. The molecule has 0 spiro atoms. The van der Waals surface area contributed by atoms with Gasteiger partial charge in [0.15, 0.2) is 0 Å². The summed E-state index contributed by atoms with van der Waals surface area (Å²) in [7, 11) is 0. The van der Waals surface area contributed by atoms with Gasteiger partial charge in [-0.3, -0.25) is 9.69 Å². The van der Waals surface area contributed by atoms with E-state index in [1.165, 1.54) is 0 Å². The molecule has 2 rings (SSSR count). The molecule has 1 aromatic heterocycles. The lowest BCUT2D eigenvalue weighted by Crippen LogP contribution is -2.56. The average molecular weight is 303 g/mol. The molecule has 0 saturated heterocycles. The molecule has 0 saturated carbocycles. The molecule has 0 aliphatic heterocycles. The molecule has 1 aromatic carbocycles. The molecule has 1 heterocycles. The van der Waals surface area contributed by atoms with Crippen molar-refractivity contribution in [3.63, 3.8) is 0 Å². The summed E-state index contributed by atoms with van der Waals surface area (Å²) in [6.45, 7) is 5.23. The van der Waals surface area contributed by atoms with Crippen LogP contribution >= 0.6 is 0 Å². The van der Waals surface area contributed by atoms with Crippen LogP contribution in [0, 0.1) is 0 Å². The van der Waals surface area contributed by atoms with Crippen molar-refractivity contribution in [3.8, 4) is 0 Å². The maximum Gasteiger partial charge on any atom is 0.408 e. The van der Waals surface area contributed by atoms with Gasteiger partial charge >= 0.3 is 6.09 Å². The second-order valence-corrected chi connectivity index (χ2v) is 6.31. The number of carbonyl (C=O) groups excluding carboxylic acids is 1. The fourth-order valence-corrected chi connectivity index (χ4v) is 2.72. The van der Waals surface area contributed by atoms with Crippen LogP contribution in [-0.2, 0) is 11.2 Å². The van der Waals surface area contributed by atoms with Gasteiger partial charge in [-0.05, 0) is 32.4 Å². The van der Waals surface area contributed by atoms with Gasteiger partial charge in [0.2, 0.25) is 5.91 Å². The van der Waals surface area contributed by atoms with E-state index in [4.69, 9.17) is 5.73 Å². The van der Waals surface area contributed by atoms with Gasteiger partial charge in [0.25, 0.3) is 0 Å². The Labute approximate surface area is 128 Å². The number of hydrogen-bond acceptors (Lipinski definition) is 2. The summed E-state index contributed by atoms with van der Waals surface area (Å²) >= 11 is 0. The van der Waals surface area contributed by atoms with Crippen molar-refractivity contribution in [3.05, 3.63) is 36.0 Å². The second-order valence-electron chi connectivity index (χ2n) is 6.31. The SMILES string of the molecule is CC(C)(C)N(C(=O)O)[C@@H](Cc1c[nH]c2ccccc12)C(N)=O. The van der Waals surface area contributed by atoms with Gasteiger partial charge in [0, 0.05) is 29.1 Å². The molecule has 0 fully saturated rings. The van der Waals surface area contributed by atoms with E-state index in [9.17, 15) is 14.7 Å². The van der Waals surface area contributed by atoms with Crippen molar-refractivity contribution in [2.45, 2.75) is 38.8 Å². The number of aromatic amines is 1. The van der Waals surface area contributed by atoms with Crippen molar-refractivity contribution in [2.75, 3.05) is 0 Å². The van der Waals surface area contributed by atoms with Gasteiger partial charge in [-0.25, -0.2) is 4.79 Å². The highest BCUT2D eigenvalue weighted by Gasteiger charge is 2.36. The summed E-state index contributed by atoms with van der Waals surface area (Å²) in [6, 6.07) is 6.75. The van der Waals surface area contributed by atoms with Crippen LogP contribution in [0.15, 0.2) is 30.5 Å². The second kappa shape index (κ2) is 5.71. The number of benzene rings is 1. The van der Waals surface area contributed by atoms with Gasteiger partial charge in [0.1, 0.15) is 6.04 Å². The third-order valence-electron chi connectivity index (χ3n) is 3.66. The highest BCUT2D eigenvalue weighted by molar-refractivity contribution is 5.87. The molecule has 0 bridgehead atoms. The number of para-hydroxylation sites is 1. The minimum absolute atomic E-state index is 0.239. The average Bonchev–Trinajstić information content (AvgIpc) is 2.79. The first-order valence-corrected chi connectivity index (χ1v) is 7.08. The fourth-order valence-electron chi connectivity index (χ4n) is 2.72. The van der Waals surface area contributed by atoms with E-state index in [0.29, 0.717) is 0 Å². The number of carbonyl (C=O) groups is 2. The van der Waals surface area contributed by atoms with Crippen LogP contribution in [0.3, 0.4) is 0 Å². The fraction of sp³-hybridized carbons (Fsp3) is 0.375. The van der Waals surface area contributed by atoms with Crippen LogP contribution in [-0.4, -0.2) is 38.6 Å². The normalized spacial score (nSPS) is 13.0. The van der Waals surface area contributed by atoms with Crippen LogP contribution in [0.25, 0.3) is 10.9 Å². The number of carboxylic acid groups (broad SMARTS) is 1. The number of nitrogens with one attached hydrogen (secondary N) is 1. The Morgan fingerprint density at radius 2 is 1.95 bits per heavy atom. The summed E-state index contributed by atoms with van der Waals surface area (Å²) in [5, 5.41) is 10.4. The van der Waals surface area contributed by atoms with E-state index in [2.05, 4.69) is 4.98 Å². The zero-order valence-corrected chi connectivity index (χ0v) is 13.0. The van der Waals surface area contributed by atoms with E-state index in [0.717, 1.165) is 21.4 Å². The van der Waals surface area contributed by atoms with E-state index in [1.807, 2.05) is 24.3 Å². The van der Waals surface area contributed by atoms with E-state index in [-0.39, 0.29) is 6.42 Å². The molecule has 6 nitrogen and oxygen atoms in total. The predicted molar refractivity (Wildman–Crippen MR) is 84.6 cm³/mol. The Kier molecular flexibility index (Phi) is 4.12. The third kappa shape index (κ3) is 3.05. The Balaban J connectivity index is 2.41. The lowest BCUT2D eigenvalue weighted by atomic mass is 9.98. The standard InChI is InChI=1S/C16H21N3O3/c1-16(2,3)19(15(21)22)13(14(17)20)8-10-9-18-12-7-5-4-6-11(10)12/h4-7,9,13,18H,8H2,1-3H3,(H2,17,20)(H,21,22)/t13-/m0/s1. The summed E-state index contributed by atoms with van der Waals surface area (Å²) in [4.78, 5) is 27.7. The van der Waals surface area contributed by atoms with Crippen molar-refractivity contribution in [1.82, 2.24) is 9.88 Å². The lowest BCUT2D eigenvalue weighted by molar-refractivity contribution is -0.124. The van der Waals surface area contributed by atoms with Crippen LogP contribution in [0.4, 0.5) is 4.79 Å². The maximum absolute atomic E-state index is 11.9. The van der Waals surface area contributed by atoms with Crippen molar-refractivity contribution < 1.29 is 14.7 Å². The quantitative estimate of drug-likeness (QED) is 0.808. The minimum atomic E-state index is -1.16. The number of H-pyrrole nitrogens is 1. The van der Waals surface area contributed by atoms with E-state index in [1.54, 1.807) is 27.0 Å². The van der Waals surface area contributed by atoms with Gasteiger partial charge in [-0.2, -0.15) is 0 Å². The zero-order valence-electron chi connectivity index (χ0n) is 13.0. The molecule has 22 heavy (non-hydrogen) atoms. The molecule has 0 aliphatic rings. The van der Waals surface area contributed by atoms with Gasteiger partial charge in [-0.1, -0.05) is 18.2 Å². The molecule has 2 aromatic rings. The molecule has 118 valence electrons. The monoisotopic (exact) mass is 303 g/mol. The van der Waals surface area contributed by atoms with Crippen molar-refractivity contribution >= 4 is 22.9 Å². The molecule has 1 atom stereocenters. The molecule has 0 aliphatic carbocycles. The number of nitrogens with zero attached hydrogens (tertiary/aromatic N) is 1. The highest BCUT2D eigenvalue weighted by Crippen LogP contribution is 2.24. The summed E-state index contributed by atoms with van der Waals surface area (Å²) < 4.78 is 0. The molecule has 0 radical (unpaired) electrons. The van der Waals surface area contributed by atoms with Crippen LogP contribution < -0.4 is 5.73 Å². The highest BCUT2D eigenvalue weighted by atomic mass is 16.4. The largest absolute Gasteiger partial charge is 0.465 e. The van der Waals surface area contributed by atoms with Gasteiger partial charge in [-0.15, -0.1) is 0 Å². The number of fused-ring (bicyclic) bond motifs is 1. The zero-order chi connectivity index (χ0) is 16.5. The Bertz CT molecular complexity index is 700. The molecule has 2 amide bonds. The van der Waals surface area contributed by atoms with Gasteiger partial charge < -0.3 is 15.8 Å². The number of aromatic nitrogens is 1. The number of primary amides is 1. The first-order valence-electron chi connectivity index (χ1n) is 7.08. The van der Waals surface area contributed by atoms with Crippen LogP contribution in [0.2, 0.25) is 0 Å². The number of amides is 2. The number of hydrogen-bond donors (Lipinski definition) is 3. The van der Waals surface area contributed by atoms with Crippen molar-refractivity contribution in [1.29, 1.82) is 0 Å². The minimum Gasteiger partial charge on any atom is -0.465 e. The smallest absolute Gasteiger partial charge is 0.408 e. The topological polar surface area (TPSA) is 99.4 Å². The maximum atomic E-state index is 11.9. The predicted octanol–water partition coefficient (Wildman–Crippen LogP) is 2.34. The molecular weight excluding hydrogens is 282 g/mol. The number of rotatable bonds is 4. The first-order chi connectivity index (χ1) is 10.2. The van der Waals surface area contributed by atoms with E-state index >= 15 is 0 Å². The first kappa shape index (κ1) is 15.9. The molecule has 4 N–H and O–H groups in total. The molecule has 0 unspecified atom stereocenters. The van der Waals surface area contributed by atoms with E-state index < -0.39 is 23.6 Å². The summed E-state index contributed by atoms with van der Waals surface area (Å²) in [5.41, 5.74) is 6.57. The Morgan fingerprint density at radius 3 is 2.50 bits per heavy atom. The Hall–Kier alpha value is -2.50. The van der Waals surface area contributed by atoms with Crippen molar-refractivity contribution in [2.24, 2.45) is 5.73 Å². The van der Waals surface area contributed by atoms with Gasteiger partial charge in [0.05, 0.1) is 0 Å². The molecule has 6 heteroatoms.